The van der Waals surface area contributed by atoms with E-state index in [1.807, 2.05) is 0 Å². The van der Waals surface area contributed by atoms with Crippen molar-refractivity contribution in [1.29, 1.82) is 0 Å². The summed E-state index contributed by atoms with van der Waals surface area (Å²) in [7, 11) is 0. The van der Waals surface area contributed by atoms with Crippen LogP contribution in [0.5, 0.6) is 11.5 Å². The summed E-state index contributed by atoms with van der Waals surface area (Å²) in [6.07, 6.45) is 1.67. The van der Waals surface area contributed by atoms with Crippen LogP contribution in [0.1, 0.15) is 36.0 Å². The Balaban J connectivity index is 1.76. The molecule has 0 aliphatic heterocycles. The molecule has 0 atom stereocenters. The number of aromatic nitrogens is 2. The van der Waals surface area contributed by atoms with E-state index in [1.54, 1.807) is 11.4 Å². The second kappa shape index (κ2) is 9.77. The van der Waals surface area contributed by atoms with Crippen molar-refractivity contribution < 1.29 is 24.9 Å². The number of phenols is 2. The minimum atomic E-state index is -1.09. The zero-order valence-corrected chi connectivity index (χ0v) is 17.5. The Hall–Kier alpha value is -2.85. The molecule has 0 saturated heterocycles. The Labute approximate surface area is 179 Å². The van der Waals surface area contributed by atoms with Gasteiger partial charge in [-0.05, 0) is 48.9 Å². The summed E-state index contributed by atoms with van der Waals surface area (Å²) in [4.78, 5) is 40.4. The summed E-state index contributed by atoms with van der Waals surface area (Å²) < 4.78 is 2.05. The molecule has 0 radical (unpaired) electrons. The van der Waals surface area contributed by atoms with Crippen molar-refractivity contribution in [2.45, 2.75) is 37.4 Å². The second-order valence-electron chi connectivity index (χ2n) is 6.58. The van der Waals surface area contributed by atoms with Crippen LogP contribution in [0.4, 0.5) is 0 Å². The van der Waals surface area contributed by atoms with Gasteiger partial charge >= 0.3 is 0 Å². The van der Waals surface area contributed by atoms with E-state index in [2.05, 4.69) is 4.98 Å². The SMILES string of the molecule is O=C([O-])CCCCCn1c(SCC(=O)c2ccc(O)c(O)c2)nc2ccsc2c1=O. The highest BCUT2D eigenvalue weighted by molar-refractivity contribution is 7.99. The van der Waals surface area contributed by atoms with Gasteiger partial charge in [-0.1, -0.05) is 18.2 Å². The standard InChI is InChI=1S/C20H20N2O6S2/c23-14-6-5-12(10-15(14)24)16(25)11-30-20-21-13-7-9-29-18(13)19(28)22(20)8-3-1-2-4-17(26)27/h5-7,9-10,23-24H,1-4,8,11H2,(H,26,27)/p-1. The number of unbranched alkanes of at least 4 members (excludes halogenated alkanes) is 2. The van der Waals surface area contributed by atoms with Crippen molar-refractivity contribution in [3.63, 3.8) is 0 Å². The van der Waals surface area contributed by atoms with Crippen LogP contribution < -0.4 is 10.7 Å². The van der Waals surface area contributed by atoms with Crippen molar-refractivity contribution in [2.24, 2.45) is 0 Å². The maximum Gasteiger partial charge on any atom is 0.272 e. The summed E-state index contributed by atoms with van der Waals surface area (Å²) >= 11 is 2.42. The topological polar surface area (TPSA) is 133 Å². The predicted molar refractivity (Wildman–Crippen MR) is 112 cm³/mol. The molecule has 0 aliphatic carbocycles. The molecule has 2 N–H and O–H groups in total. The molecule has 0 spiro atoms. The Morgan fingerprint density at radius 1 is 1.13 bits per heavy atom. The second-order valence-corrected chi connectivity index (χ2v) is 8.44. The molecule has 8 nitrogen and oxygen atoms in total. The maximum absolute atomic E-state index is 12.8. The minimum absolute atomic E-state index is 0.00299. The van der Waals surface area contributed by atoms with E-state index >= 15 is 0 Å². The molecule has 1 aromatic carbocycles. The number of carbonyl (C=O) groups excluding carboxylic acids is 2. The number of ketones is 1. The summed E-state index contributed by atoms with van der Waals surface area (Å²) in [6.45, 7) is 0.364. The number of Topliss-reactive ketones (excluding diaryl/α,β-unsaturated/α-hetero) is 1. The van der Waals surface area contributed by atoms with Crippen LogP contribution in [0, 0.1) is 0 Å². The lowest BCUT2D eigenvalue weighted by molar-refractivity contribution is -0.305. The number of rotatable bonds is 10. The lowest BCUT2D eigenvalue weighted by Gasteiger charge is -2.12. The van der Waals surface area contributed by atoms with Gasteiger partial charge in [-0.15, -0.1) is 11.3 Å². The smallest absolute Gasteiger partial charge is 0.272 e. The minimum Gasteiger partial charge on any atom is -0.550 e. The van der Waals surface area contributed by atoms with E-state index in [0.717, 1.165) is 11.8 Å². The zero-order valence-electron chi connectivity index (χ0n) is 15.9. The van der Waals surface area contributed by atoms with Gasteiger partial charge in [0.1, 0.15) is 4.70 Å². The van der Waals surface area contributed by atoms with E-state index in [1.165, 1.54) is 34.1 Å². The van der Waals surface area contributed by atoms with Gasteiger partial charge in [-0.25, -0.2) is 4.98 Å². The first-order valence-electron chi connectivity index (χ1n) is 9.22. The molecule has 0 fully saturated rings. The fourth-order valence-electron chi connectivity index (χ4n) is 2.86. The highest BCUT2D eigenvalue weighted by atomic mass is 32.2. The van der Waals surface area contributed by atoms with Gasteiger partial charge in [0.15, 0.2) is 22.4 Å². The number of aromatic hydroxyl groups is 2. The average Bonchev–Trinajstić information content (AvgIpc) is 3.18. The van der Waals surface area contributed by atoms with Gasteiger partial charge in [0.25, 0.3) is 5.56 Å². The van der Waals surface area contributed by atoms with Crippen molar-refractivity contribution in [2.75, 3.05) is 5.75 Å². The molecule has 30 heavy (non-hydrogen) atoms. The number of phenolic OH excluding ortho intramolecular Hbond substituents is 2. The summed E-state index contributed by atoms with van der Waals surface area (Å²) in [5.41, 5.74) is 0.619. The third kappa shape index (κ3) is 5.19. The quantitative estimate of drug-likeness (QED) is 0.159. The number of hydrogen-bond acceptors (Lipinski definition) is 9. The molecule has 158 valence electrons. The molecular formula is C20H19N2O6S2-. The molecule has 0 aliphatic rings. The number of carboxylic acids is 1. The molecule has 3 rings (SSSR count). The van der Waals surface area contributed by atoms with Gasteiger partial charge in [0, 0.05) is 18.1 Å². The van der Waals surface area contributed by atoms with Crippen LogP contribution in [-0.2, 0) is 11.3 Å². The fraction of sp³-hybridized carbons (Fsp3) is 0.300. The molecule has 3 aromatic rings. The third-order valence-electron chi connectivity index (χ3n) is 4.42. The number of carbonyl (C=O) groups is 2. The zero-order chi connectivity index (χ0) is 21.7. The molecule has 0 bridgehead atoms. The van der Waals surface area contributed by atoms with Crippen LogP contribution in [0.15, 0.2) is 39.6 Å². The summed E-state index contributed by atoms with van der Waals surface area (Å²) in [6, 6.07) is 5.59. The monoisotopic (exact) mass is 447 g/mol. The van der Waals surface area contributed by atoms with Gasteiger partial charge < -0.3 is 20.1 Å². The highest BCUT2D eigenvalue weighted by Gasteiger charge is 2.15. The van der Waals surface area contributed by atoms with Crippen molar-refractivity contribution in [1.82, 2.24) is 9.55 Å². The Morgan fingerprint density at radius 2 is 1.93 bits per heavy atom. The first-order valence-corrected chi connectivity index (χ1v) is 11.1. The lowest BCUT2D eigenvalue weighted by Crippen LogP contribution is -2.23. The number of fused-ring (bicyclic) bond motifs is 1. The van der Waals surface area contributed by atoms with E-state index < -0.39 is 5.97 Å². The first kappa shape index (κ1) is 21.8. The normalized spacial score (nSPS) is 11.1. The number of benzene rings is 1. The number of thioether (sulfide) groups is 1. The van der Waals surface area contributed by atoms with Crippen LogP contribution >= 0.6 is 23.1 Å². The molecule has 0 saturated carbocycles. The Bertz CT molecular complexity index is 1140. The van der Waals surface area contributed by atoms with Crippen LogP contribution in [-0.4, -0.2) is 37.3 Å². The molecule has 0 amide bonds. The third-order valence-corrected chi connectivity index (χ3v) is 6.29. The number of hydrogen-bond donors (Lipinski definition) is 2. The van der Waals surface area contributed by atoms with Gasteiger partial charge in [-0.3, -0.25) is 14.2 Å². The van der Waals surface area contributed by atoms with Crippen molar-refractivity contribution in [3.8, 4) is 11.5 Å². The number of aliphatic carboxylic acids is 1. The molecular weight excluding hydrogens is 428 g/mol. The van der Waals surface area contributed by atoms with E-state index in [0.29, 0.717) is 41.2 Å². The molecule has 2 heterocycles. The van der Waals surface area contributed by atoms with E-state index in [9.17, 15) is 29.7 Å². The molecule has 0 unspecified atom stereocenters. The molecule has 10 heteroatoms. The van der Waals surface area contributed by atoms with Gasteiger partial charge in [-0.2, -0.15) is 0 Å². The summed E-state index contributed by atoms with van der Waals surface area (Å²) in [5, 5.41) is 31.7. The highest BCUT2D eigenvalue weighted by Crippen LogP contribution is 2.27. The number of thiophene rings is 1. The molecule has 2 aromatic heterocycles. The summed E-state index contributed by atoms with van der Waals surface area (Å²) in [5.74, 6) is -2.07. The average molecular weight is 448 g/mol. The predicted octanol–water partition coefficient (Wildman–Crippen LogP) is 2.15. The lowest BCUT2D eigenvalue weighted by atomic mass is 10.1. The van der Waals surface area contributed by atoms with Crippen LogP contribution in [0.3, 0.4) is 0 Å². The number of nitrogens with zero attached hydrogens (tertiary/aromatic N) is 2. The maximum atomic E-state index is 12.8. The van der Waals surface area contributed by atoms with Crippen LogP contribution in [0.25, 0.3) is 10.2 Å². The Morgan fingerprint density at radius 3 is 2.67 bits per heavy atom. The largest absolute Gasteiger partial charge is 0.550 e. The fourth-order valence-corrected chi connectivity index (χ4v) is 4.56. The van der Waals surface area contributed by atoms with E-state index in [-0.39, 0.29) is 40.6 Å². The van der Waals surface area contributed by atoms with Crippen molar-refractivity contribution >= 4 is 45.1 Å². The first-order chi connectivity index (χ1) is 14.4. The number of carboxylic acid groups (broad SMARTS) is 1. The van der Waals surface area contributed by atoms with Crippen LogP contribution in [0.2, 0.25) is 0 Å². The van der Waals surface area contributed by atoms with Crippen molar-refractivity contribution in [3.05, 3.63) is 45.6 Å². The van der Waals surface area contributed by atoms with E-state index in [4.69, 9.17) is 0 Å². The van der Waals surface area contributed by atoms with Gasteiger partial charge in [0.05, 0.1) is 11.3 Å². The van der Waals surface area contributed by atoms with Gasteiger partial charge in [0.2, 0.25) is 0 Å². The Kier molecular flexibility index (Phi) is 7.11.